The summed E-state index contributed by atoms with van der Waals surface area (Å²) >= 11 is 0. The van der Waals surface area contributed by atoms with Gasteiger partial charge in [-0.05, 0) is 18.1 Å². The van der Waals surface area contributed by atoms with Crippen molar-refractivity contribution in [2.45, 2.75) is 13.0 Å². The molecule has 0 atom stereocenters. The van der Waals surface area contributed by atoms with E-state index in [4.69, 9.17) is 4.74 Å². The number of rotatable bonds is 3. The van der Waals surface area contributed by atoms with Gasteiger partial charge in [0.2, 0.25) is 0 Å². The fourth-order valence-corrected chi connectivity index (χ4v) is 2.40. The summed E-state index contributed by atoms with van der Waals surface area (Å²) in [6.07, 6.45) is 4.67. The number of anilines is 1. The molecule has 17 heavy (non-hydrogen) atoms. The Morgan fingerprint density at radius 3 is 3.18 bits per heavy atom. The van der Waals surface area contributed by atoms with Gasteiger partial charge >= 0.3 is 0 Å². The molecule has 1 aliphatic rings. The lowest BCUT2D eigenvalue weighted by Crippen LogP contribution is -2.20. The molecule has 88 valence electrons. The number of imidazole rings is 1. The van der Waals surface area contributed by atoms with Crippen LogP contribution in [-0.4, -0.2) is 23.6 Å². The molecule has 1 aliphatic heterocycles. The monoisotopic (exact) mass is 229 g/mol. The number of para-hydroxylation sites is 1. The standard InChI is InChI=1S/C13H15N3O/c1-17-12-4-2-3-10-5-6-16(13(10)12)8-11-7-14-9-15-11/h2-4,7,9H,5-6,8H2,1H3,(H,14,15). The Morgan fingerprint density at radius 2 is 2.41 bits per heavy atom. The minimum Gasteiger partial charge on any atom is -0.495 e. The van der Waals surface area contributed by atoms with E-state index < -0.39 is 0 Å². The third-order valence-corrected chi connectivity index (χ3v) is 3.19. The number of aromatic amines is 1. The van der Waals surface area contributed by atoms with E-state index in [0.717, 1.165) is 31.0 Å². The zero-order valence-electron chi connectivity index (χ0n) is 9.81. The van der Waals surface area contributed by atoms with Gasteiger partial charge < -0.3 is 14.6 Å². The number of hydrogen-bond acceptors (Lipinski definition) is 3. The second-order valence-corrected chi connectivity index (χ2v) is 4.22. The largest absolute Gasteiger partial charge is 0.495 e. The molecule has 2 aromatic rings. The Kier molecular flexibility index (Phi) is 2.48. The Morgan fingerprint density at radius 1 is 1.47 bits per heavy atom. The van der Waals surface area contributed by atoms with Gasteiger partial charge in [-0.25, -0.2) is 4.98 Å². The smallest absolute Gasteiger partial charge is 0.142 e. The molecule has 0 unspecified atom stereocenters. The van der Waals surface area contributed by atoms with E-state index in [-0.39, 0.29) is 0 Å². The normalized spacial score (nSPS) is 13.8. The molecule has 0 fully saturated rings. The molecule has 0 spiro atoms. The molecule has 0 bridgehead atoms. The van der Waals surface area contributed by atoms with Gasteiger partial charge in [-0.1, -0.05) is 12.1 Å². The van der Waals surface area contributed by atoms with Crippen molar-refractivity contribution in [1.29, 1.82) is 0 Å². The molecule has 0 saturated heterocycles. The Labute approximate surface area is 100 Å². The summed E-state index contributed by atoms with van der Waals surface area (Å²) in [5.41, 5.74) is 3.72. The lowest BCUT2D eigenvalue weighted by atomic mass is 10.1. The van der Waals surface area contributed by atoms with Gasteiger partial charge in [0.1, 0.15) is 5.75 Å². The van der Waals surface area contributed by atoms with Gasteiger partial charge in [0.05, 0.1) is 31.4 Å². The molecule has 0 amide bonds. The molecule has 0 saturated carbocycles. The van der Waals surface area contributed by atoms with Crippen LogP contribution in [0.5, 0.6) is 5.75 Å². The van der Waals surface area contributed by atoms with Crippen LogP contribution in [-0.2, 0) is 13.0 Å². The topological polar surface area (TPSA) is 41.1 Å². The molecular formula is C13H15N3O. The molecule has 1 aromatic heterocycles. The fraction of sp³-hybridized carbons (Fsp3) is 0.308. The highest BCUT2D eigenvalue weighted by Gasteiger charge is 2.23. The molecule has 2 heterocycles. The maximum Gasteiger partial charge on any atom is 0.142 e. The predicted octanol–water partition coefficient (Wildman–Crippen LogP) is 1.98. The van der Waals surface area contributed by atoms with E-state index >= 15 is 0 Å². The molecular weight excluding hydrogens is 214 g/mol. The average Bonchev–Trinajstić information content (AvgIpc) is 2.99. The van der Waals surface area contributed by atoms with Crippen molar-refractivity contribution in [3.8, 4) is 5.75 Å². The van der Waals surface area contributed by atoms with Crippen LogP contribution in [0, 0.1) is 0 Å². The first-order valence-corrected chi connectivity index (χ1v) is 5.76. The van der Waals surface area contributed by atoms with Crippen molar-refractivity contribution < 1.29 is 4.74 Å². The number of methoxy groups -OCH3 is 1. The van der Waals surface area contributed by atoms with Crippen molar-refractivity contribution in [1.82, 2.24) is 9.97 Å². The van der Waals surface area contributed by atoms with Gasteiger partial charge in [-0.2, -0.15) is 0 Å². The lowest BCUT2D eigenvalue weighted by molar-refractivity contribution is 0.415. The first-order valence-electron chi connectivity index (χ1n) is 5.76. The van der Waals surface area contributed by atoms with Crippen molar-refractivity contribution in [3.05, 3.63) is 42.0 Å². The quantitative estimate of drug-likeness (QED) is 0.875. The third kappa shape index (κ3) is 1.75. The van der Waals surface area contributed by atoms with E-state index in [2.05, 4.69) is 27.0 Å². The zero-order chi connectivity index (χ0) is 11.7. The van der Waals surface area contributed by atoms with Gasteiger partial charge in [-0.3, -0.25) is 0 Å². The van der Waals surface area contributed by atoms with E-state index in [1.54, 1.807) is 13.4 Å². The van der Waals surface area contributed by atoms with E-state index in [0.29, 0.717) is 0 Å². The summed E-state index contributed by atoms with van der Waals surface area (Å²) in [4.78, 5) is 9.52. The number of hydrogen-bond donors (Lipinski definition) is 1. The van der Waals surface area contributed by atoms with Crippen LogP contribution in [0.2, 0.25) is 0 Å². The Balaban J connectivity index is 1.92. The molecule has 0 radical (unpaired) electrons. The maximum atomic E-state index is 5.44. The van der Waals surface area contributed by atoms with Crippen molar-refractivity contribution in [3.63, 3.8) is 0 Å². The molecule has 1 N–H and O–H groups in total. The predicted molar refractivity (Wildman–Crippen MR) is 66.3 cm³/mol. The van der Waals surface area contributed by atoms with Crippen LogP contribution in [0.15, 0.2) is 30.7 Å². The minimum absolute atomic E-state index is 0.855. The van der Waals surface area contributed by atoms with E-state index in [1.165, 1.54) is 11.3 Å². The highest BCUT2D eigenvalue weighted by Crippen LogP contribution is 2.37. The summed E-state index contributed by atoms with van der Waals surface area (Å²) in [5, 5.41) is 0. The number of H-pyrrole nitrogens is 1. The highest BCUT2D eigenvalue weighted by molar-refractivity contribution is 5.67. The average molecular weight is 229 g/mol. The van der Waals surface area contributed by atoms with Crippen LogP contribution in [0.4, 0.5) is 5.69 Å². The number of aromatic nitrogens is 2. The number of ether oxygens (including phenoxy) is 1. The molecule has 0 aliphatic carbocycles. The van der Waals surface area contributed by atoms with Crippen LogP contribution in [0.1, 0.15) is 11.3 Å². The van der Waals surface area contributed by atoms with Gasteiger partial charge in [-0.15, -0.1) is 0 Å². The molecule has 1 aromatic carbocycles. The Hall–Kier alpha value is -1.97. The summed E-state index contributed by atoms with van der Waals surface area (Å²) in [5.74, 6) is 0.958. The number of fused-ring (bicyclic) bond motifs is 1. The molecule has 4 nitrogen and oxygen atoms in total. The van der Waals surface area contributed by atoms with E-state index in [1.807, 2.05) is 12.3 Å². The lowest BCUT2D eigenvalue weighted by Gasteiger charge is -2.20. The summed E-state index contributed by atoms with van der Waals surface area (Å²) < 4.78 is 5.44. The van der Waals surface area contributed by atoms with E-state index in [9.17, 15) is 0 Å². The zero-order valence-corrected chi connectivity index (χ0v) is 9.81. The first kappa shape index (κ1) is 10.2. The van der Waals surface area contributed by atoms with Crippen LogP contribution in [0.25, 0.3) is 0 Å². The maximum absolute atomic E-state index is 5.44. The summed E-state index contributed by atoms with van der Waals surface area (Å²) in [6.45, 7) is 1.89. The van der Waals surface area contributed by atoms with Crippen LogP contribution in [0.3, 0.4) is 0 Å². The third-order valence-electron chi connectivity index (χ3n) is 3.19. The summed E-state index contributed by atoms with van der Waals surface area (Å²) in [7, 11) is 1.72. The van der Waals surface area contributed by atoms with Crippen molar-refractivity contribution >= 4 is 5.69 Å². The summed E-state index contributed by atoms with van der Waals surface area (Å²) in [6, 6.07) is 6.24. The molecule has 3 rings (SSSR count). The second kappa shape index (κ2) is 4.13. The van der Waals surface area contributed by atoms with Crippen LogP contribution >= 0.6 is 0 Å². The number of nitrogens with zero attached hydrogens (tertiary/aromatic N) is 2. The van der Waals surface area contributed by atoms with Gasteiger partial charge in [0.15, 0.2) is 0 Å². The van der Waals surface area contributed by atoms with Crippen molar-refractivity contribution in [2.75, 3.05) is 18.6 Å². The van der Waals surface area contributed by atoms with Crippen LogP contribution < -0.4 is 9.64 Å². The SMILES string of the molecule is COc1cccc2c1N(Cc1cnc[nH]1)CC2. The first-order chi connectivity index (χ1) is 8.38. The number of nitrogens with one attached hydrogen (secondary N) is 1. The van der Waals surface area contributed by atoms with Gasteiger partial charge in [0.25, 0.3) is 0 Å². The van der Waals surface area contributed by atoms with Gasteiger partial charge in [0, 0.05) is 12.7 Å². The second-order valence-electron chi connectivity index (χ2n) is 4.22. The molecule has 4 heteroatoms. The van der Waals surface area contributed by atoms with Crippen molar-refractivity contribution in [2.24, 2.45) is 0 Å². The number of benzene rings is 1. The minimum atomic E-state index is 0.855. The Bertz CT molecular complexity index is 507. The fourth-order valence-electron chi connectivity index (χ4n) is 2.40. The highest BCUT2D eigenvalue weighted by atomic mass is 16.5.